The molecule has 138 valence electrons. The smallest absolute Gasteiger partial charge is 0.347 e. The van der Waals surface area contributed by atoms with Crippen molar-refractivity contribution < 1.29 is 19.1 Å². The molecule has 0 aliphatic heterocycles. The minimum absolute atomic E-state index is 0.282. The summed E-state index contributed by atoms with van der Waals surface area (Å²) in [4.78, 5) is 23.9. The summed E-state index contributed by atoms with van der Waals surface area (Å²) in [5.41, 5.74) is 2.83. The van der Waals surface area contributed by atoms with Crippen molar-refractivity contribution in [1.82, 2.24) is 0 Å². The Hall–Kier alpha value is -2.24. The first-order chi connectivity index (χ1) is 12.3. The maximum absolute atomic E-state index is 12.0. The van der Waals surface area contributed by atoms with Gasteiger partial charge in [-0.3, -0.25) is 4.79 Å². The summed E-state index contributed by atoms with van der Waals surface area (Å²) in [6.07, 6.45) is -0.928. The van der Waals surface area contributed by atoms with Crippen molar-refractivity contribution in [2.75, 3.05) is 11.9 Å². The molecule has 26 heavy (non-hydrogen) atoms. The summed E-state index contributed by atoms with van der Waals surface area (Å²) in [7, 11) is 0. The van der Waals surface area contributed by atoms with Gasteiger partial charge in [-0.15, -0.1) is 0 Å². The van der Waals surface area contributed by atoms with Crippen LogP contribution in [0.4, 0.5) is 5.69 Å². The monoisotopic (exact) mass is 395 g/mol. The maximum atomic E-state index is 12.0. The Morgan fingerprint density at radius 1 is 1.08 bits per heavy atom. The van der Waals surface area contributed by atoms with Crippen LogP contribution in [0.5, 0.6) is 5.75 Å². The van der Waals surface area contributed by atoms with Crippen molar-refractivity contribution in [3.8, 4) is 5.75 Å². The summed E-state index contributed by atoms with van der Waals surface area (Å²) >= 11 is 11.8. The first-order valence-corrected chi connectivity index (χ1v) is 8.67. The van der Waals surface area contributed by atoms with Gasteiger partial charge in [0.15, 0.2) is 12.7 Å². The fourth-order valence-electron chi connectivity index (χ4n) is 2.08. The molecule has 0 saturated carbocycles. The number of carbonyl (C=O) groups is 2. The lowest BCUT2D eigenvalue weighted by molar-refractivity contribution is -0.153. The van der Waals surface area contributed by atoms with E-state index < -0.39 is 24.6 Å². The molecule has 2 aromatic carbocycles. The molecule has 0 bridgehead atoms. The third-order valence-electron chi connectivity index (χ3n) is 3.67. The Labute approximate surface area is 162 Å². The third kappa shape index (κ3) is 5.64. The van der Waals surface area contributed by atoms with Gasteiger partial charge in [0.2, 0.25) is 0 Å². The zero-order chi connectivity index (χ0) is 19.3. The molecule has 0 spiro atoms. The standard InChI is InChI=1S/C19H19Cl2NO4/c1-11-4-6-15(8-12(11)2)22-18(23)10-25-19(24)13(3)26-17-7-5-14(20)9-16(17)21/h4-9,13H,10H2,1-3H3,(H,22,23)/t13-/m0/s1. The molecule has 0 fully saturated rings. The minimum Gasteiger partial charge on any atom is -0.477 e. The van der Waals surface area contributed by atoms with Gasteiger partial charge < -0.3 is 14.8 Å². The number of hydrogen-bond donors (Lipinski definition) is 1. The van der Waals surface area contributed by atoms with Crippen LogP contribution >= 0.6 is 23.2 Å². The van der Waals surface area contributed by atoms with Crippen molar-refractivity contribution in [2.45, 2.75) is 26.9 Å². The first kappa shape index (κ1) is 20.1. The number of nitrogens with one attached hydrogen (secondary N) is 1. The van der Waals surface area contributed by atoms with Crippen LogP contribution in [0.25, 0.3) is 0 Å². The molecule has 1 amide bonds. The predicted octanol–water partition coefficient (Wildman–Crippen LogP) is 4.56. The molecule has 2 aromatic rings. The van der Waals surface area contributed by atoms with Gasteiger partial charge in [0.25, 0.3) is 5.91 Å². The van der Waals surface area contributed by atoms with E-state index in [1.165, 1.54) is 13.0 Å². The summed E-state index contributed by atoms with van der Waals surface area (Å²) in [6, 6.07) is 10.2. The molecule has 7 heteroatoms. The van der Waals surface area contributed by atoms with Crippen LogP contribution in [-0.4, -0.2) is 24.6 Å². The summed E-state index contributed by atoms with van der Waals surface area (Å²) in [5, 5.41) is 3.42. The minimum atomic E-state index is -0.928. The van der Waals surface area contributed by atoms with E-state index in [0.29, 0.717) is 16.5 Å². The Kier molecular flexibility index (Phi) is 6.89. The number of hydrogen-bond acceptors (Lipinski definition) is 4. The van der Waals surface area contributed by atoms with Gasteiger partial charge in [-0.1, -0.05) is 29.3 Å². The highest BCUT2D eigenvalue weighted by molar-refractivity contribution is 6.35. The van der Waals surface area contributed by atoms with E-state index in [2.05, 4.69) is 5.32 Å². The topological polar surface area (TPSA) is 64.6 Å². The highest BCUT2D eigenvalue weighted by Gasteiger charge is 2.19. The molecular weight excluding hydrogens is 377 g/mol. The van der Waals surface area contributed by atoms with E-state index in [4.69, 9.17) is 32.7 Å². The fraction of sp³-hybridized carbons (Fsp3) is 0.263. The number of rotatable bonds is 6. The van der Waals surface area contributed by atoms with Gasteiger partial charge in [-0.2, -0.15) is 0 Å². The first-order valence-electron chi connectivity index (χ1n) is 7.91. The number of benzene rings is 2. The number of halogens is 2. The lowest BCUT2D eigenvalue weighted by Gasteiger charge is -2.15. The van der Waals surface area contributed by atoms with Gasteiger partial charge in [-0.05, 0) is 62.2 Å². The van der Waals surface area contributed by atoms with E-state index in [1.54, 1.807) is 18.2 Å². The lowest BCUT2D eigenvalue weighted by atomic mass is 10.1. The Bertz CT molecular complexity index is 823. The zero-order valence-corrected chi connectivity index (χ0v) is 16.1. The largest absolute Gasteiger partial charge is 0.477 e. The molecule has 0 heterocycles. The summed E-state index contributed by atoms with van der Waals surface area (Å²) in [5.74, 6) is -0.801. The molecule has 0 aliphatic rings. The quantitative estimate of drug-likeness (QED) is 0.728. The number of anilines is 1. The molecule has 1 atom stereocenters. The third-order valence-corrected chi connectivity index (χ3v) is 4.20. The molecule has 0 aromatic heterocycles. The SMILES string of the molecule is Cc1ccc(NC(=O)COC(=O)[C@H](C)Oc2ccc(Cl)cc2Cl)cc1C. The van der Waals surface area contributed by atoms with Gasteiger partial charge >= 0.3 is 5.97 Å². The van der Waals surface area contributed by atoms with E-state index in [0.717, 1.165) is 11.1 Å². The second-order valence-electron chi connectivity index (χ2n) is 5.79. The van der Waals surface area contributed by atoms with Gasteiger partial charge in [-0.25, -0.2) is 4.79 Å². The second-order valence-corrected chi connectivity index (χ2v) is 6.63. The van der Waals surface area contributed by atoms with E-state index in [9.17, 15) is 9.59 Å². The molecule has 0 radical (unpaired) electrons. The zero-order valence-electron chi connectivity index (χ0n) is 14.6. The van der Waals surface area contributed by atoms with Gasteiger partial charge in [0.1, 0.15) is 5.75 Å². The van der Waals surface area contributed by atoms with Crippen LogP contribution in [0, 0.1) is 13.8 Å². The van der Waals surface area contributed by atoms with Crippen molar-refractivity contribution in [3.05, 3.63) is 57.6 Å². The number of esters is 1. The average Bonchev–Trinajstić information content (AvgIpc) is 2.58. The number of amides is 1. The number of ether oxygens (including phenoxy) is 2. The molecule has 1 N–H and O–H groups in total. The lowest BCUT2D eigenvalue weighted by Crippen LogP contribution is -2.29. The summed E-state index contributed by atoms with van der Waals surface area (Å²) in [6.45, 7) is 5.03. The van der Waals surface area contributed by atoms with Crippen molar-refractivity contribution in [2.24, 2.45) is 0 Å². The van der Waals surface area contributed by atoms with Crippen LogP contribution in [0.1, 0.15) is 18.1 Å². The fourth-order valence-corrected chi connectivity index (χ4v) is 2.53. The van der Waals surface area contributed by atoms with Crippen LogP contribution in [0.3, 0.4) is 0 Å². The van der Waals surface area contributed by atoms with Crippen LogP contribution in [0.15, 0.2) is 36.4 Å². The van der Waals surface area contributed by atoms with Gasteiger partial charge in [0, 0.05) is 10.7 Å². The van der Waals surface area contributed by atoms with Crippen LogP contribution in [0.2, 0.25) is 10.0 Å². The van der Waals surface area contributed by atoms with Crippen molar-refractivity contribution in [1.29, 1.82) is 0 Å². The van der Waals surface area contributed by atoms with E-state index in [-0.39, 0.29) is 5.02 Å². The van der Waals surface area contributed by atoms with E-state index in [1.807, 2.05) is 26.0 Å². The highest BCUT2D eigenvalue weighted by Crippen LogP contribution is 2.28. The van der Waals surface area contributed by atoms with Crippen molar-refractivity contribution in [3.63, 3.8) is 0 Å². The molecular formula is C19H19Cl2NO4. The molecule has 2 rings (SSSR count). The Morgan fingerprint density at radius 2 is 1.81 bits per heavy atom. The van der Waals surface area contributed by atoms with Gasteiger partial charge in [0.05, 0.1) is 5.02 Å². The highest BCUT2D eigenvalue weighted by atomic mass is 35.5. The Morgan fingerprint density at radius 3 is 2.46 bits per heavy atom. The average molecular weight is 396 g/mol. The van der Waals surface area contributed by atoms with Crippen molar-refractivity contribution >= 4 is 40.8 Å². The molecule has 5 nitrogen and oxygen atoms in total. The number of carbonyl (C=O) groups excluding carboxylic acids is 2. The second kappa shape index (κ2) is 8.92. The molecule has 0 saturated heterocycles. The molecule has 0 unspecified atom stereocenters. The Balaban J connectivity index is 1.84. The van der Waals surface area contributed by atoms with E-state index >= 15 is 0 Å². The maximum Gasteiger partial charge on any atom is 0.347 e. The summed E-state index contributed by atoms with van der Waals surface area (Å²) < 4.78 is 10.4. The normalized spacial score (nSPS) is 11.6. The number of aryl methyl sites for hydroxylation is 2. The van der Waals surface area contributed by atoms with Crippen LogP contribution in [-0.2, 0) is 14.3 Å². The van der Waals surface area contributed by atoms with Crippen LogP contribution < -0.4 is 10.1 Å². The predicted molar refractivity (Wildman–Crippen MR) is 102 cm³/mol. The molecule has 0 aliphatic carbocycles.